The molecular formula is C20H25NO3. The Morgan fingerprint density at radius 3 is 2.62 bits per heavy atom. The monoisotopic (exact) mass is 327 g/mol. The fourth-order valence-electron chi connectivity index (χ4n) is 2.42. The van der Waals surface area contributed by atoms with Crippen LogP contribution in [0.15, 0.2) is 48.5 Å². The summed E-state index contributed by atoms with van der Waals surface area (Å²) in [5.74, 6) is 1.48. The number of methoxy groups -OCH3 is 1. The molecule has 0 saturated heterocycles. The SMILES string of the molecule is COc1cccc(CCCNC(=O)[C@@H](C)Oc2cccc(C)c2)c1. The first-order chi connectivity index (χ1) is 11.6. The van der Waals surface area contributed by atoms with E-state index in [1.54, 1.807) is 14.0 Å². The molecule has 0 saturated carbocycles. The van der Waals surface area contributed by atoms with Crippen LogP contribution in [0.4, 0.5) is 0 Å². The maximum Gasteiger partial charge on any atom is 0.260 e. The largest absolute Gasteiger partial charge is 0.497 e. The number of ether oxygens (including phenoxy) is 2. The Morgan fingerprint density at radius 2 is 1.88 bits per heavy atom. The predicted molar refractivity (Wildman–Crippen MR) is 95.6 cm³/mol. The van der Waals surface area contributed by atoms with Gasteiger partial charge in [0.15, 0.2) is 6.10 Å². The normalized spacial score (nSPS) is 11.6. The van der Waals surface area contributed by atoms with Gasteiger partial charge in [-0.15, -0.1) is 0 Å². The summed E-state index contributed by atoms with van der Waals surface area (Å²) in [5.41, 5.74) is 2.31. The number of benzene rings is 2. The van der Waals surface area contributed by atoms with Gasteiger partial charge in [-0.25, -0.2) is 0 Å². The summed E-state index contributed by atoms with van der Waals surface area (Å²) in [6.07, 6.45) is 1.25. The quantitative estimate of drug-likeness (QED) is 0.755. The van der Waals surface area contributed by atoms with Gasteiger partial charge in [0.1, 0.15) is 11.5 Å². The van der Waals surface area contributed by atoms with Crippen LogP contribution in [0.25, 0.3) is 0 Å². The Balaban J connectivity index is 1.72. The smallest absolute Gasteiger partial charge is 0.260 e. The highest BCUT2D eigenvalue weighted by molar-refractivity contribution is 5.80. The minimum absolute atomic E-state index is 0.0952. The lowest BCUT2D eigenvalue weighted by molar-refractivity contribution is -0.127. The van der Waals surface area contributed by atoms with Crippen LogP contribution in [0.1, 0.15) is 24.5 Å². The zero-order chi connectivity index (χ0) is 17.4. The summed E-state index contributed by atoms with van der Waals surface area (Å²) < 4.78 is 10.9. The molecule has 2 aromatic rings. The Morgan fingerprint density at radius 1 is 1.12 bits per heavy atom. The molecule has 0 aromatic heterocycles. The van der Waals surface area contributed by atoms with Crippen LogP contribution < -0.4 is 14.8 Å². The molecule has 2 rings (SSSR count). The summed E-state index contributed by atoms with van der Waals surface area (Å²) in [5, 5.41) is 2.92. The van der Waals surface area contributed by atoms with Gasteiger partial charge < -0.3 is 14.8 Å². The van der Waals surface area contributed by atoms with Gasteiger partial charge in [-0.1, -0.05) is 24.3 Å². The second-order valence-electron chi connectivity index (χ2n) is 5.82. The molecule has 4 nitrogen and oxygen atoms in total. The number of rotatable bonds is 8. The van der Waals surface area contributed by atoms with Crippen molar-refractivity contribution in [3.05, 3.63) is 59.7 Å². The zero-order valence-corrected chi connectivity index (χ0v) is 14.5. The molecule has 2 aromatic carbocycles. The number of nitrogens with one attached hydrogen (secondary N) is 1. The van der Waals surface area contributed by atoms with Gasteiger partial charge in [-0.3, -0.25) is 4.79 Å². The van der Waals surface area contributed by atoms with Crippen molar-refractivity contribution in [3.8, 4) is 11.5 Å². The van der Waals surface area contributed by atoms with Crippen LogP contribution in [0, 0.1) is 6.92 Å². The Bertz CT molecular complexity index is 669. The lowest BCUT2D eigenvalue weighted by Gasteiger charge is -2.15. The van der Waals surface area contributed by atoms with E-state index in [4.69, 9.17) is 9.47 Å². The minimum Gasteiger partial charge on any atom is -0.497 e. The van der Waals surface area contributed by atoms with Crippen molar-refractivity contribution in [2.24, 2.45) is 0 Å². The first-order valence-corrected chi connectivity index (χ1v) is 8.22. The number of hydrogen-bond donors (Lipinski definition) is 1. The fourth-order valence-corrected chi connectivity index (χ4v) is 2.42. The minimum atomic E-state index is -0.511. The van der Waals surface area contributed by atoms with Crippen LogP contribution in [-0.4, -0.2) is 25.7 Å². The average Bonchev–Trinajstić information content (AvgIpc) is 2.58. The van der Waals surface area contributed by atoms with Crippen molar-refractivity contribution in [3.63, 3.8) is 0 Å². The third-order valence-corrected chi connectivity index (χ3v) is 3.75. The van der Waals surface area contributed by atoms with E-state index in [9.17, 15) is 4.79 Å². The van der Waals surface area contributed by atoms with Crippen LogP contribution in [-0.2, 0) is 11.2 Å². The van der Waals surface area contributed by atoms with Crippen LogP contribution in [0.3, 0.4) is 0 Å². The second kappa shape index (κ2) is 8.96. The van der Waals surface area contributed by atoms with Gasteiger partial charge in [0.05, 0.1) is 7.11 Å². The number of carbonyl (C=O) groups excluding carboxylic acids is 1. The van der Waals surface area contributed by atoms with Crippen molar-refractivity contribution >= 4 is 5.91 Å². The lowest BCUT2D eigenvalue weighted by atomic mass is 10.1. The van der Waals surface area contributed by atoms with Gasteiger partial charge in [-0.05, 0) is 62.1 Å². The first kappa shape index (κ1) is 17.9. The van der Waals surface area contributed by atoms with Crippen molar-refractivity contribution in [1.82, 2.24) is 5.32 Å². The van der Waals surface area contributed by atoms with Crippen molar-refractivity contribution < 1.29 is 14.3 Å². The standard InChI is InChI=1S/C20H25NO3/c1-15-7-4-11-19(13-15)24-16(2)20(22)21-12-6-9-17-8-5-10-18(14-17)23-3/h4-5,7-8,10-11,13-14,16H,6,9,12H2,1-3H3,(H,21,22)/t16-/m1/s1. The number of aryl methyl sites for hydroxylation is 2. The Hall–Kier alpha value is -2.49. The molecule has 0 heterocycles. The maximum absolute atomic E-state index is 12.1. The molecule has 0 radical (unpaired) electrons. The molecule has 1 amide bonds. The van der Waals surface area contributed by atoms with E-state index < -0.39 is 6.10 Å². The molecule has 0 spiro atoms. The maximum atomic E-state index is 12.1. The molecule has 24 heavy (non-hydrogen) atoms. The molecule has 0 aliphatic heterocycles. The highest BCUT2D eigenvalue weighted by Crippen LogP contribution is 2.15. The number of amides is 1. The Kier molecular flexibility index (Phi) is 6.67. The molecular weight excluding hydrogens is 302 g/mol. The predicted octanol–water partition coefficient (Wildman–Crippen LogP) is 3.52. The van der Waals surface area contributed by atoms with E-state index in [2.05, 4.69) is 11.4 Å². The molecule has 0 unspecified atom stereocenters. The number of carbonyl (C=O) groups is 1. The van der Waals surface area contributed by atoms with Crippen LogP contribution >= 0.6 is 0 Å². The fraction of sp³-hybridized carbons (Fsp3) is 0.350. The Labute approximate surface area is 143 Å². The lowest BCUT2D eigenvalue weighted by Crippen LogP contribution is -2.36. The summed E-state index contributed by atoms with van der Waals surface area (Å²) in [6.45, 7) is 4.38. The zero-order valence-electron chi connectivity index (χ0n) is 14.5. The van der Waals surface area contributed by atoms with Gasteiger partial charge >= 0.3 is 0 Å². The van der Waals surface area contributed by atoms with Crippen molar-refractivity contribution in [1.29, 1.82) is 0 Å². The highest BCUT2D eigenvalue weighted by Gasteiger charge is 2.13. The third kappa shape index (κ3) is 5.61. The van der Waals surface area contributed by atoms with Gasteiger partial charge in [-0.2, -0.15) is 0 Å². The van der Waals surface area contributed by atoms with E-state index in [0.29, 0.717) is 12.3 Å². The van der Waals surface area contributed by atoms with E-state index in [1.165, 1.54) is 5.56 Å². The highest BCUT2D eigenvalue weighted by atomic mass is 16.5. The number of hydrogen-bond acceptors (Lipinski definition) is 3. The van der Waals surface area contributed by atoms with Gasteiger partial charge in [0, 0.05) is 6.54 Å². The molecule has 0 aliphatic rings. The summed E-state index contributed by atoms with van der Waals surface area (Å²) in [4.78, 5) is 12.1. The van der Waals surface area contributed by atoms with Gasteiger partial charge in [0.2, 0.25) is 0 Å². The van der Waals surface area contributed by atoms with Crippen LogP contribution in [0.5, 0.6) is 11.5 Å². The molecule has 0 aliphatic carbocycles. The molecule has 1 N–H and O–H groups in total. The second-order valence-corrected chi connectivity index (χ2v) is 5.82. The summed E-state index contributed by atoms with van der Waals surface area (Å²) >= 11 is 0. The van der Waals surface area contributed by atoms with E-state index >= 15 is 0 Å². The van der Waals surface area contributed by atoms with Crippen molar-refractivity contribution in [2.75, 3.05) is 13.7 Å². The summed E-state index contributed by atoms with van der Waals surface area (Å²) in [6, 6.07) is 15.7. The third-order valence-electron chi connectivity index (χ3n) is 3.75. The summed E-state index contributed by atoms with van der Waals surface area (Å²) in [7, 11) is 1.66. The van der Waals surface area contributed by atoms with E-state index in [0.717, 1.165) is 24.2 Å². The van der Waals surface area contributed by atoms with E-state index in [-0.39, 0.29) is 5.91 Å². The van der Waals surface area contributed by atoms with Gasteiger partial charge in [0.25, 0.3) is 5.91 Å². The average molecular weight is 327 g/mol. The first-order valence-electron chi connectivity index (χ1n) is 8.22. The van der Waals surface area contributed by atoms with E-state index in [1.807, 2.05) is 49.4 Å². The van der Waals surface area contributed by atoms with Crippen LogP contribution in [0.2, 0.25) is 0 Å². The molecule has 0 bridgehead atoms. The molecule has 4 heteroatoms. The van der Waals surface area contributed by atoms with Crippen molar-refractivity contribution in [2.45, 2.75) is 32.8 Å². The topological polar surface area (TPSA) is 47.6 Å². The molecule has 0 fully saturated rings. The molecule has 128 valence electrons. The molecule has 1 atom stereocenters.